The molecule has 0 bridgehead atoms. The molecule has 6 heteroatoms. The van der Waals surface area contributed by atoms with Crippen molar-refractivity contribution in [3.63, 3.8) is 0 Å². The SMILES string of the molecule is Cc1ccc(OCc2csc(C(=O)N3CCN(Cc4cccc(Cl)c4)CC3)c2)cc1C. The third kappa shape index (κ3) is 5.67. The van der Waals surface area contributed by atoms with E-state index in [2.05, 4.69) is 36.9 Å². The molecular weight excluding hydrogens is 428 g/mol. The van der Waals surface area contributed by atoms with Crippen LogP contribution in [0.3, 0.4) is 0 Å². The molecule has 0 saturated carbocycles. The second-order valence-corrected chi connectivity index (χ2v) is 9.40. The lowest BCUT2D eigenvalue weighted by Crippen LogP contribution is -2.48. The van der Waals surface area contributed by atoms with Crippen LogP contribution in [0.2, 0.25) is 5.02 Å². The second kappa shape index (κ2) is 9.86. The van der Waals surface area contributed by atoms with Gasteiger partial charge in [-0.25, -0.2) is 0 Å². The Hall–Kier alpha value is -2.34. The number of carbonyl (C=O) groups is 1. The van der Waals surface area contributed by atoms with E-state index in [1.165, 1.54) is 28.0 Å². The van der Waals surface area contributed by atoms with Crippen molar-refractivity contribution >= 4 is 28.8 Å². The largest absolute Gasteiger partial charge is 0.489 e. The monoisotopic (exact) mass is 454 g/mol. The molecule has 3 aromatic rings. The summed E-state index contributed by atoms with van der Waals surface area (Å²) in [4.78, 5) is 18.0. The molecule has 2 aromatic carbocycles. The van der Waals surface area contributed by atoms with Crippen molar-refractivity contribution in [3.05, 3.63) is 86.1 Å². The number of rotatable bonds is 6. The molecule has 0 N–H and O–H groups in total. The molecule has 1 aliphatic heterocycles. The molecule has 1 saturated heterocycles. The van der Waals surface area contributed by atoms with Gasteiger partial charge in [-0.15, -0.1) is 11.3 Å². The second-order valence-electron chi connectivity index (χ2n) is 8.05. The molecule has 1 aliphatic rings. The first-order chi connectivity index (χ1) is 15.0. The lowest BCUT2D eigenvalue weighted by molar-refractivity contribution is 0.0633. The normalized spacial score (nSPS) is 14.6. The molecule has 1 fully saturated rings. The van der Waals surface area contributed by atoms with Gasteiger partial charge in [0.1, 0.15) is 12.4 Å². The molecule has 0 atom stereocenters. The molecule has 31 heavy (non-hydrogen) atoms. The fourth-order valence-corrected chi connectivity index (χ4v) is 4.77. The number of amides is 1. The summed E-state index contributed by atoms with van der Waals surface area (Å²) in [7, 11) is 0. The van der Waals surface area contributed by atoms with Crippen LogP contribution >= 0.6 is 22.9 Å². The van der Waals surface area contributed by atoms with Gasteiger partial charge >= 0.3 is 0 Å². The maximum Gasteiger partial charge on any atom is 0.264 e. The molecule has 0 radical (unpaired) electrons. The van der Waals surface area contributed by atoms with Crippen LogP contribution in [-0.4, -0.2) is 41.9 Å². The zero-order valence-electron chi connectivity index (χ0n) is 17.9. The van der Waals surface area contributed by atoms with Crippen LogP contribution < -0.4 is 4.74 Å². The smallest absolute Gasteiger partial charge is 0.264 e. The van der Waals surface area contributed by atoms with Gasteiger partial charge < -0.3 is 9.64 Å². The van der Waals surface area contributed by atoms with E-state index in [1.807, 2.05) is 40.6 Å². The summed E-state index contributed by atoms with van der Waals surface area (Å²) in [5, 5.41) is 2.78. The van der Waals surface area contributed by atoms with E-state index >= 15 is 0 Å². The highest BCUT2D eigenvalue weighted by Crippen LogP contribution is 2.22. The lowest BCUT2D eigenvalue weighted by atomic mass is 10.1. The number of carbonyl (C=O) groups excluding carboxylic acids is 1. The third-order valence-electron chi connectivity index (χ3n) is 5.70. The first-order valence-corrected chi connectivity index (χ1v) is 11.8. The van der Waals surface area contributed by atoms with Crippen molar-refractivity contribution in [1.29, 1.82) is 0 Å². The molecule has 2 heterocycles. The van der Waals surface area contributed by atoms with Crippen LogP contribution in [0.4, 0.5) is 0 Å². The number of hydrogen-bond donors (Lipinski definition) is 0. The zero-order chi connectivity index (χ0) is 21.8. The fraction of sp³-hybridized carbons (Fsp3) is 0.320. The van der Waals surface area contributed by atoms with E-state index in [0.29, 0.717) is 6.61 Å². The van der Waals surface area contributed by atoms with Gasteiger partial charge in [-0.1, -0.05) is 29.8 Å². The van der Waals surface area contributed by atoms with Crippen molar-refractivity contribution in [2.45, 2.75) is 27.0 Å². The maximum atomic E-state index is 12.9. The Balaban J connectivity index is 1.28. The van der Waals surface area contributed by atoms with Crippen molar-refractivity contribution < 1.29 is 9.53 Å². The summed E-state index contributed by atoms with van der Waals surface area (Å²) < 4.78 is 5.91. The van der Waals surface area contributed by atoms with E-state index in [-0.39, 0.29) is 5.91 Å². The number of hydrogen-bond acceptors (Lipinski definition) is 4. The van der Waals surface area contributed by atoms with Gasteiger partial charge in [0.2, 0.25) is 0 Å². The van der Waals surface area contributed by atoms with Gasteiger partial charge in [0.15, 0.2) is 0 Å². The van der Waals surface area contributed by atoms with Gasteiger partial charge in [0.05, 0.1) is 4.88 Å². The predicted molar refractivity (Wildman–Crippen MR) is 127 cm³/mol. The minimum Gasteiger partial charge on any atom is -0.489 e. The topological polar surface area (TPSA) is 32.8 Å². The molecule has 4 rings (SSSR count). The van der Waals surface area contributed by atoms with Gasteiger partial charge in [0.25, 0.3) is 5.91 Å². The lowest BCUT2D eigenvalue weighted by Gasteiger charge is -2.34. The average Bonchev–Trinajstić information content (AvgIpc) is 3.24. The van der Waals surface area contributed by atoms with Crippen LogP contribution in [0.5, 0.6) is 5.75 Å². The molecule has 0 spiro atoms. The van der Waals surface area contributed by atoms with Crippen LogP contribution in [0, 0.1) is 13.8 Å². The van der Waals surface area contributed by atoms with Crippen LogP contribution in [-0.2, 0) is 13.2 Å². The summed E-state index contributed by atoms with van der Waals surface area (Å²) in [5.74, 6) is 0.975. The van der Waals surface area contributed by atoms with Gasteiger partial charge in [-0.05, 0) is 66.2 Å². The van der Waals surface area contributed by atoms with Gasteiger partial charge in [-0.3, -0.25) is 9.69 Å². The quantitative estimate of drug-likeness (QED) is 0.489. The highest BCUT2D eigenvalue weighted by molar-refractivity contribution is 7.12. The Kier molecular flexibility index (Phi) is 6.96. The van der Waals surface area contributed by atoms with E-state index in [4.69, 9.17) is 16.3 Å². The third-order valence-corrected chi connectivity index (χ3v) is 6.91. The summed E-state index contributed by atoms with van der Waals surface area (Å²) in [6, 6.07) is 16.0. The molecular formula is C25H27ClN2O2S. The van der Waals surface area contributed by atoms with E-state index in [0.717, 1.165) is 53.9 Å². The Morgan fingerprint density at radius 1 is 1.00 bits per heavy atom. The summed E-state index contributed by atoms with van der Waals surface area (Å²) in [5.41, 5.74) is 4.71. The minimum atomic E-state index is 0.116. The summed E-state index contributed by atoms with van der Waals surface area (Å²) >= 11 is 7.59. The number of nitrogens with zero attached hydrogens (tertiary/aromatic N) is 2. The van der Waals surface area contributed by atoms with Crippen molar-refractivity contribution in [1.82, 2.24) is 9.80 Å². The van der Waals surface area contributed by atoms with Crippen molar-refractivity contribution in [2.24, 2.45) is 0 Å². The first-order valence-electron chi connectivity index (χ1n) is 10.5. The van der Waals surface area contributed by atoms with Crippen LogP contribution in [0.15, 0.2) is 53.9 Å². The molecule has 0 unspecified atom stereocenters. The number of benzene rings is 2. The van der Waals surface area contributed by atoms with Crippen molar-refractivity contribution in [3.8, 4) is 5.75 Å². The van der Waals surface area contributed by atoms with E-state index in [1.54, 1.807) is 0 Å². The summed E-state index contributed by atoms with van der Waals surface area (Å²) in [6.45, 7) is 8.73. The minimum absolute atomic E-state index is 0.116. The maximum absolute atomic E-state index is 12.9. The fourth-order valence-electron chi connectivity index (χ4n) is 3.69. The van der Waals surface area contributed by atoms with E-state index in [9.17, 15) is 4.79 Å². The van der Waals surface area contributed by atoms with Crippen molar-refractivity contribution in [2.75, 3.05) is 26.2 Å². The van der Waals surface area contributed by atoms with E-state index < -0.39 is 0 Å². The van der Waals surface area contributed by atoms with Gasteiger partial charge in [-0.2, -0.15) is 0 Å². The number of halogens is 1. The molecule has 0 aliphatic carbocycles. The molecule has 4 nitrogen and oxygen atoms in total. The summed E-state index contributed by atoms with van der Waals surface area (Å²) in [6.07, 6.45) is 0. The predicted octanol–water partition coefficient (Wildman–Crippen LogP) is 5.56. The van der Waals surface area contributed by atoms with Crippen LogP contribution in [0.25, 0.3) is 0 Å². The standard InChI is InChI=1S/C25H27ClN2O2S/c1-18-6-7-23(12-19(18)2)30-16-21-14-24(31-17-21)25(29)28-10-8-27(9-11-28)15-20-4-3-5-22(26)13-20/h3-7,12-14,17H,8-11,15-16H2,1-2H3. The highest BCUT2D eigenvalue weighted by atomic mass is 35.5. The average molecular weight is 455 g/mol. The Bertz CT molecular complexity index is 1060. The zero-order valence-corrected chi connectivity index (χ0v) is 19.5. The highest BCUT2D eigenvalue weighted by Gasteiger charge is 2.23. The first kappa shape index (κ1) is 21.9. The van der Waals surface area contributed by atoms with Gasteiger partial charge in [0, 0.05) is 43.3 Å². The number of ether oxygens (including phenoxy) is 1. The molecule has 1 aromatic heterocycles. The number of piperazine rings is 1. The molecule has 1 amide bonds. The Morgan fingerprint density at radius 2 is 1.81 bits per heavy atom. The Labute approximate surface area is 193 Å². The van der Waals surface area contributed by atoms with Crippen LogP contribution in [0.1, 0.15) is 31.9 Å². The number of thiophene rings is 1. The number of aryl methyl sites for hydroxylation is 2. The molecule has 162 valence electrons. The Morgan fingerprint density at radius 3 is 2.55 bits per heavy atom.